The van der Waals surface area contributed by atoms with Crippen LogP contribution in [0.4, 0.5) is 5.69 Å². The van der Waals surface area contributed by atoms with Crippen molar-refractivity contribution in [1.29, 1.82) is 0 Å². The Labute approximate surface area is 225 Å². The van der Waals surface area contributed by atoms with Gasteiger partial charge in [0.1, 0.15) is 0 Å². The van der Waals surface area contributed by atoms with Crippen LogP contribution < -0.4 is 10.6 Å². The normalized spacial score (nSPS) is 11.9. The number of benzene rings is 2. The molecule has 3 rings (SSSR count). The van der Waals surface area contributed by atoms with Gasteiger partial charge >= 0.3 is 0 Å². The predicted molar refractivity (Wildman–Crippen MR) is 149 cm³/mol. The van der Waals surface area contributed by atoms with E-state index in [0.29, 0.717) is 23.1 Å². The molecule has 2 amide bonds. The van der Waals surface area contributed by atoms with E-state index in [0.717, 1.165) is 26.9 Å². The molecule has 0 fully saturated rings. The van der Waals surface area contributed by atoms with Gasteiger partial charge < -0.3 is 15.2 Å². The molecule has 0 aliphatic carbocycles. The van der Waals surface area contributed by atoms with E-state index in [1.165, 1.54) is 11.8 Å². The van der Waals surface area contributed by atoms with Crippen molar-refractivity contribution in [2.45, 2.75) is 52.4 Å². The quantitative estimate of drug-likeness (QED) is 0.230. The molecule has 1 aromatic heterocycles. The molecule has 9 heteroatoms. The Morgan fingerprint density at radius 3 is 2.56 bits per heavy atom. The molecule has 0 aliphatic heterocycles. The zero-order valence-corrected chi connectivity index (χ0v) is 23.7. The van der Waals surface area contributed by atoms with E-state index < -0.39 is 0 Å². The Morgan fingerprint density at radius 2 is 1.89 bits per heavy atom. The van der Waals surface area contributed by atoms with E-state index in [1.54, 1.807) is 12.1 Å². The lowest BCUT2D eigenvalue weighted by atomic mass is 10.0. The number of aromatic nitrogens is 3. The highest BCUT2D eigenvalue weighted by molar-refractivity contribution is 9.10. The number of carbonyl (C=O) groups is 2. The van der Waals surface area contributed by atoms with Gasteiger partial charge in [-0.3, -0.25) is 9.59 Å². The summed E-state index contributed by atoms with van der Waals surface area (Å²) in [5.74, 6) is 0.572. The van der Waals surface area contributed by atoms with Gasteiger partial charge in [-0.05, 0) is 62.1 Å². The second-order valence-corrected chi connectivity index (χ2v) is 10.8. The van der Waals surface area contributed by atoms with Gasteiger partial charge in [-0.25, -0.2) is 0 Å². The number of hydrogen-bond donors (Lipinski definition) is 2. The average Bonchev–Trinajstić information content (AvgIpc) is 3.23. The third-order valence-corrected chi connectivity index (χ3v) is 7.72. The fourth-order valence-electron chi connectivity index (χ4n) is 3.72. The minimum Gasteiger partial charge on any atom is -0.342 e. The molecule has 0 saturated heterocycles. The van der Waals surface area contributed by atoms with Crippen molar-refractivity contribution in [3.63, 3.8) is 0 Å². The summed E-state index contributed by atoms with van der Waals surface area (Å²) in [7, 11) is 0. The summed E-state index contributed by atoms with van der Waals surface area (Å²) >= 11 is 4.82. The van der Waals surface area contributed by atoms with Crippen LogP contribution in [0.1, 0.15) is 52.8 Å². The molecule has 7 nitrogen and oxygen atoms in total. The minimum absolute atomic E-state index is 0.0660. The Hall–Kier alpha value is -2.91. The molecule has 3 aromatic rings. The lowest BCUT2D eigenvalue weighted by Gasteiger charge is -2.22. The number of carbonyl (C=O) groups excluding carboxylic acids is 2. The van der Waals surface area contributed by atoms with E-state index in [-0.39, 0.29) is 29.5 Å². The van der Waals surface area contributed by atoms with Crippen LogP contribution in [0.2, 0.25) is 0 Å². The number of allylic oxidation sites excluding steroid dienone is 1. The van der Waals surface area contributed by atoms with Crippen molar-refractivity contribution in [2.24, 2.45) is 5.92 Å². The van der Waals surface area contributed by atoms with Crippen LogP contribution in [0, 0.1) is 26.7 Å². The van der Waals surface area contributed by atoms with E-state index in [9.17, 15) is 9.59 Å². The Balaban J connectivity index is 1.76. The lowest BCUT2D eigenvalue weighted by molar-refractivity contribution is -0.113. The number of hydrogen-bond acceptors (Lipinski definition) is 5. The van der Waals surface area contributed by atoms with Gasteiger partial charge in [0, 0.05) is 22.3 Å². The monoisotopic (exact) mass is 569 g/mol. The third-order valence-electron chi connectivity index (χ3n) is 5.90. The second kappa shape index (κ2) is 12.4. The number of halogens is 1. The van der Waals surface area contributed by atoms with E-state index in [2.05, 4.69) is 43.3 Å². The highest BCUT2D eigenvalue weighted by Crippen LogP contribution is 2.28. The molecule has 0 bridgehead atoms. The zero-order chi connectivity index (χ0) is 26.4. The first-order valence-electron chi connectivity index (χ1n) is 11.7. The SMILES string of the molecule is C=CCn1c(SCC(=O)Nc2ccc(Br)c(C)c2C)nnc1[C@@H](NC(=O)c1cccc(C)c1)C(C)C. The average molecular weight is 571 g/mol. The number of amides is 2. The van der Waals surface area contributed by atoms with Gasteiger partial charge in [0.15, 0.2) is 11.0 Å². The van der Waals surface area contributed by atoms with E-state index >= 15 is 0 Å². The molecule has 1 atom stereocenters. The third kappa shape index (κ3) is 6.64. The van der Waals surface area contributed by atoms with Crippen molar-refractivity contribution < 1.29 is 9.59 Å². The molecule has 0 aliphatic rings. The first-order valence-corrected chi connectivity index (χ1v) is 13.5. The van der Waals surface area contributed by atoms with E-state index in [1.807, 2.05) is 69.5 Å². The molecule has 0 unspecified atom stereocenters. The van der Waals surface area contributed by atoms with Gasteiger partial charge in [-0.1, -0.05) is 65.3 Å². The maximum Gasteiger partial charge on any atom is 0.251 e. The highest BCUT2D eigenvalue weighted by Gasteiger charge is 2.26. The molecule has 0 radical (unpaired) electrons. The largest absolute Gasteiger partial charge is 0.342 e. The molecule has 2 N–H and O–H groups in total. The summed E-state index contributed by atoms with van der Waals surface area (Å²) in [4.78, 5) is 25.7. The van der Waals surface area contributed by atoms with Crippen LogP contribution in [0.5, 0.6) is 0 Å². The number of thioether (sulfide) groups is 1. The zero-order valence-electron chi connectivity index (χ0n) is 21.3. The smallest absolute Gasteiger partial charge is 0.251 e. The van der Waals surface area contributed by atoms with Crippen molar-refractivity contribution >= 4 is 45.2 Å². The molecule has 2 aromatic carbocycles. The van der Waals surface area contributed by atoms with Gasteiger partial charge in [-0.2, -0.15) is 0 Å². The van der Waals surface area contributed by atoms with Crippen molar-refractivity contribution in [2.75, 3.05) is 11.1 Å². The molecule has 190 valence electrons. The van der Waals surface area contributed by atoms with Crippen LogP contribution in [-0.2, 0) is 11.3 Å². The van der Waals surface area contributed by atoms with Crippen molar-refractivity contribution in [3.8, 4) is 0 Å². The Morgan fingerprint density at radius 1 is 1.14 bits per heavy atom. The number of aryl methyl sites for hydroxylation is 1. The molecule has 1 heterocycles. The lowest BCUT2D eigenvalue weighted by Crippen LogP contribution is -2.34. The molecule has 0 spiro atoms. The first kappa shape index (κ1) is 27.7. The fraction of sp³-hybridized carbons (Fsp3) is 0.333. The number of nitrogens with zero attached hydrogens (tertiary/aromatic N) is 3. The molecular weight excluding hydrogens is 538 g/mol. The van der Waals surface area contributed by atoms with Crippen molar-refractivity contribution in [1.82, 2.24) is 20.1 Å². The number of nitrogens with one attached hydrogen (secondary N) is 2. The summed E-state index contributed by atoms with van der Waals surface area (Å²) < 4.78 is 2.91. The van der Waals surface area contributed by atoms with Crippen LogP contribution in [0.15, 0.2) is 58.7 Å². The maximum absolute atomic E-state index is 13.0. The van der Waals surface area contributed by atoms with Crippen LogP contribution >= 0.6 is 27.7 Å². The molecule has 0 saturated carbocycles. The van der Waals surface area contributed by atoms with Gasteiger partial charge in [0.25, 0.3) is 5.91 Å². The van der Waals surface area contributed by atoms with Crippen molar-refractivity contribution in [3.05, 3.63) is 81.6 Å². The summed E-state index contributed by atoms with van der Waals surface area (Å²) in [6.45, 7) is 14.3. The fourth-order valence-corrected chi connectivity index (χ4v) is 4.90. The van der Waals surface area contributed by atoms with E-state index in [4.69, 9.17) is 0 Å². The first-order chi connectivity index (χ1) is 17.1. The van der Waals surface area contributed by atoms with Crippen LogP contribution in [-0.4, -0.2) is 32.3 Å². The second-order valence-electron chi connectivity index (χ2n) is 8.99. The summed E-state index contributed by atoms with van der Waals surface area (Å²) in [6, 6.07) is 10.9. The molecule has 36 heavy (non-hydrogen) atoms. The summed E-state index contributed by atoms with van der Waals surface area (Å²) in [6.07, 6.45) is 1.75. The molecular formula is C27H32BrN5O2S. The predicted octanol–water partition coefficient (Wildman–Crippen LogP) is 6.01. The van der Waals surface area contributed by atoms with Gasteiger partial charge in [0.05, 0.1) is 11.8 Å². The maximum atomic E-state index is 13.0. The number of rotatable bonds is 10. The van der Waals surface area contributed by atoms with Crippen LogP contribution in [0.25, 0.3) is 0 Å². The topological polar surface area (TPSA) is 88.9 Å². The Bertz CT molecular complexity index is 1270. The van der Waals surface area contributed by atoms with Gasteiger partial charge in [-0.15, -0.1) is 16.8 Å². The summed E-state index contributed by atoms with van der Waals surface area (Å²) in [5, 5.41) is 15.4. The van der Waals surface area contributed by atoms with Crippen LogP contribution in [0.3, 0.4) is 0 Å². The highest BCUT2D eigenvalue weighted by atomic mass is 79.9. The van der Waals surface area contributed by atoms with Gasteiger partial charge in [0.2, 0.25) is 5.91 Å². The minimum atomic E-state index is -0.359. The standard InChI is InChI=1S/C27H32BrN5O2S/c1-7-13-33-25(24(16(2)3)30-26(35)20-10-8-9-17(4)14-20)31-32-27(33)36-15-23(34)29-22-12-11-21(28)18(5)19(22)6/h7-12,14,16,24H,1,13,15H2,2-6H3,(H,29,34)(H,30,35)/t24-/m0/s1. The number of anilines is 1. The Kier molecular flexibility index (Phi) is 9.50. The summed E-state index contributed by atoms with van der Waals surface area (Å²) in [5.41, 5.74) is 4.50.